The van der Waals surface area contributed by atoms with Crippen molar-refractivity contribution in [2.45, 2.75) is 31.4 Å². The lowest BCUT2D eigenvalue weighted by Gasteiger charge is -2.10. The van der Waals surface area contributed by atoms with Crippen LogP contribution in [0, 0.1) is 18.8 Å². The normalized spacial score (nSPS) is 14.6. The third kappa shape index (κ3) is 3.72. The van der Waals surface area contributed by atoms with E-state index >= 15 is 0 Å². The number of benzene rings is 1. The van der Waals surface area contributed by atoms with E-state index in [1.54, 1.807) is 6.07 Å². The summed E-state index contributed by atoms with van der Waals surface area (Å²) in [5.74, 6) is 5.72. The molecule has 1 saturated carbocycles. The van der Waals surface area contributed by atoms with E-state index < -0.39 is 10.0 Å². The minimum atomic E-state index is -3.24. The third-order valence-corrected chi connectivity index (χ3v) is 4.78. The van der Waals surface area contributed by atoms with E-state index in [0.29, 0.717) is 12.1 Å². The fraction of sp³-hybridized carbons (Fsp3) is 0.429. The van der Waals surface area contributed by atoms with Crippen LogP contribution in [0.2, 0.25) is 0 Å². The SMILES string of the molecule is Cc1ccc(C#CCCO)cc1NS(=O)(=O)C1CC1. The second-order valence-corrected chi connectivity index (χ2v) is 6.61. The first-order valence-electron chi connectivity index (χ1n) is 6.25. The Labute approximate surface area is 113 Å². The highest BCUT2D eigenvalue weighted by atomic mass is 32.2. The van der Waals surface area contributed by atoms with Crippen molar-refractivity contribution < 1.29 is 13.5 Å². The average molecular weight is 279 g/mol. The minimum absolute atomic E-state index is 0.0278. The summed E-state index contributed by atoms with van der Waals surface area (Å²) < 4.78 is 26.4. The lowest BCUT2D eigenvalue weighted by Crippen LogP contribution is -2.18. The van der Waals surface area contributed by atoms with Gasteiger partial charge in [-0.05, 0) is 37.5 Å². The summed E-state index contributed by atoms with van der Waals surface area (Å²) >= 11 is 0. The largest absolute Gasteiger partial charge is 0.395 e. The maximum absolute atomic E-state index is 11.9. The molecule has 0 saturated heterocycles. The van der Waals surface area contributed by atoms with E-state index in [0.717, 1.165) is 24.0 Å². The number of aliphatic hydroxyl groups excluding tert-OH is 1. The molecule has 0 bridgehead atoms. The monoisotopic (exact) mass is 279 g/mol. The fourth-order valence-corrected chi connectivity index (χ4v) is 3.09. The van der Waals surface area contributed by atoms with Gasteiger partial charge in [0, 0.05) is 12.0 Å². The lowest BCUT2D eigenvalue weighted by molar-refractivity contribution is 0.305. The molecule has 1 aromatic rings. The molecule has 0 atom stereocenters. The van der Waals surface area contributed by atoms with Gasteiger partial charge in [-0.1, -0.05) is 17.9 Å². The molecule has 4 nitrogen and oxygen atoms in total. The van der Waals surface area contributed by atoms with Gasteiger partial charge in [-0.25, -0.2) is 8.42 Å². The number of aryl methyl sites for hydroxylation is 1. The zero-order chi connectivity index (χ0) is 13.9. The van der Waals surface area contributed by atoms with Crippen LogP contribution < -0.4 is 4.72 Å². The van der Waals surface area contributed by atoms with Crippen molar-refractivity contribution in [1.82, 2.24) is 0 Å². The zero-order valence-corrected chi connectivity index (χ0v) is 11.6. The number of sulfonamides is 1. The molecule has 2 rings (SSSR count). The van der Waals surface area contributed by atoms with Gasteiger partial charge in [-0.2, -0.15) is 0 Å². The van der Waals surface area contributed by atoms with E-state index in [1.807, 2.05) is 19.1 Å². The number of hydrogen-bond donors (Lipinski definition) is 2. The molecule has 2 N–H and O–H groups in total. The van der Waals surface area contributed by atoms with Crippen molar-refractivity contribution in [3.63, 3.8) is 0 Å². The molecule has 0 spiro atoms. The summed E-state index contributed by atoms with van der Waals surface area (Å²) in [5.41, 5.74) is 2.20. The van der Waals surface area contributed by atoms with E-state index in [4.69, 9.17) is 5.11 Å². The lowest BCUT2D eigenvalue weighted by atomic mass is 10.1. The summed E-state index contributed by atoms with van der Waals surface area (Å²) in [6.07, 6.45) is 1.89. The number of aliphatic hydroxyl groups is 1. The average Bonchev–Trinajstić information content (AvgIpc) is 3.17. The van der Waals surface area contributed by atoms with Crippen molar-refractivity contribution in [3.05, 3.63) is 29.3 Å². The molecule has 5 heteroatoms. The van der Waals surface area contributed by atoms with E-state index in [9.17, 15) is 8.42 Å². The Balaban J connectivity index is 2.20. The van der Waals surface area contributed by atoms with Crippen LogP contribution in [0.5, 0.6) is 0 Å². The Hall–Kier alpha value is -1.51. The highest BCUT2D eigenvalue weighted by Gasteiger charge is 2.35. The van der Waals surface area contributed by atoms with Crippen molar-refractivity contribution in [2.75, 3.05) is 11.3 Å². The summed E-state index contributed by atoms with van der Waals surface area (Å²) in [7, 11) is -3.24. The minimum Gasteiger partial charge on any atom is -0.395 e. The topological polar surface area (TPSA) is 66.4 Å². The van der Waals surface area contributed by atoms with Crippen LogP contribution >= 0.6 is 0 Å². The molecule has 0 aromatic heterocycles. The maximum atomic E-state index is 11.9. The molecule has 1 aliphatic carbocycles. The highest BCUT2D eigenvalue weighted by molar-refractivity contribution is 7.93. The summed E-state index contributed by atoms with van der Waals surface area (Å²) in [5, 5.41) is 8.43. The Morgan fingerprint density at radius 3 is 2.79 bits per heavy atom. The van der Waals surface area contributed by atoms with Gasteiger partial charge in [0.25, 0.3) is 0 Å². The molecule has 19 heavy (non-hydrogen) atoms. The molecule has 0 radical (unpaired) electrons. The first-order chi connectivity index (χ1) is 9.03. The molecule has 0 heterocycles. The summed E-state index contributed by atoms with van der Waals surface area (Å²) in [6, 6.07) is 5.42. The van der Waals surface area contributed by atoms with Gasteiger partial charge in [-0.3, -0.25) is 4.72 Å². The Bertz CT molecular complexity index is 622. The van der Waals surface area contributed by atoms with Crippen LogP contribution in [0.15, 0.2) is 18.2 Å². The van der Waals surface area contributed by atoms with Crippen LogP contribution in [-0.2, 0) is 10.0 Å². The quantitative estimate of drug-likeness (QED) is 0.823. The van der Waals surface area contributed by atoms with Crippen LogP contribution in [0.4, 0.5) is 5.69 Å². The molecule has 1 fully saturated rings. The third-order valence-electron chi connectivity index (χ3n) is 2.92. The first-order valence-corrected chi connectivity index (χ1v) is 7.79. The van der Waals surface area contributed by atoms with Gasteiger partial charge < -0.3 is 5.11 Å². The zero-order valence-electron chi connectivity index (χ0n) is 10.8. The predicted octanol–water partition coefficient (Wildman–Crippen LogP) is 1.63. The van der Waals surface area contributed by atoms with Gasteiger partial charge in [0.1, 0.15) is 0 Å². The molecule has 1 aromatic carbocycles. The molecule has 0 aliphatic heterocycles. The predicted molar refractivity (Wildman–Crippen MR) is 75.3 cm³/mol. The summed E-state index contributed by atoms with van der Waals surface area (Å²) in [6.45, 7) is 1.88. The van der Waals surface area contributed by atoms with Crippen molar-refractivity contribution in [1.29, 1.82) is 0 Å². The smallest absolute Gasteiger partial charge is 0.235 e. The Morgan fingerprint density at radius 1 is 1.42 bits per heavy atom. The number of hydrogen-bond acceptors (Lipinski definition) is 3. The first kappa shape index (κ1) is 13.9. The van der Waals surface area contributed by atoms with Gasteiger partial charge in [0.2, 0.25) is 10.0 Å². The maximum Gasteiger partial charge on any atom is 0.235 e. The van der Waals surface area contributed by atoms with Crippen LogP contribution in [0.3, 0.4) is 0 Å². The van der Waals surface area contributed by atoms with E-state index in [-0.39, 0.29) is 11.9 Å². The highest BCUT2D eigenvalue weighted by Crippen LogP contribution is 2.30. The Morgan fingerprint density at radius 2 is 2.16 bits per heavy atom. The molecular weight excluding hydrogens is 262 g/mol. The molecule has 0 amide bonds. The van der Waals surface area contributed by atoms with Gasteiger partial charge >= 0.3 is 0 Å². The van der Waals surface area contributed by atoms with Gasteiger partial charge in [0.05, 0.1) is 17.5 Å². The molecule has 102 valence electrons. The van der Waals surface area contributed by atoms with E-state index in [1.165, 1.54) is 0 Å². The van der Waals surface area contributed by atoms with Crippen LogP contribution in [0.25, 0.3) is 0 Å². The Kier molecular flexibility index (Phi) is 4.13. The van der Waals surface area contributed by atoms with Crippen LogP contribution in [0.1, 0.15) is 30.4 Å². The van der Waals surface area contributed by atoms with Crippen molar-refractivity contribution in [3.8, 4) is 11.8 Å². The number of nitrogens with one attached hydrogen (secondary N) is 1. The molecular formula is C14H17NO3S. The van der Waals surface area contributed by atoms with Gasteiger partial charge in [0.15, 0.2) is 0 Å². The fourth-order valence-electron chi connectivity index (χ4n) is 1.65. The molecule has 0 unspecified atom stereocenters. The van der Waals surface area contributed by atoms with Crippen molar-refractivity contribution >= 4 is 15.7 Å². The van der Waals surface area contributed by atoms with Crippen LogP contribution in [-0.4, -0.2) is 25.4 Å². The summed E-state index contributed by atoms with van der Waals surface area (Å²) in [4.78, 5) is 0. The standard InChI is InChI=1S/C14H17NO3S/c1-11-5-6-12(4-2-3-9-16)10-14(11)15-19(17,18)13-7-8-13/h5-6,10,13,15-16H,3,7-9H2,1H3. The number of rotatable bonds is 4. The molecule has 1 aliphatic rings. The van der Waals surface area contributed by atoms with Crippen molar-refractivity contribution in [2.24, 2.45) is 0 Å². The number of anilines is 1. The van der Waals surface area contributed by atoms with E-state index in [2.05, 4.69) is 16.6 Å². The second kappa shape index (κ2) is 5.64. The van der Waals surface area contributed by atoms with Gasteiger partial charge in [-0.15, -0.1) is 0 Å². The second-order valence-electron chi connectivity index (χ2n) is 4.65.